The quantitative estimate of drug-likeness (QED) is 0.367. The molecule has 0 aliphatic carbocycles. The fourth-order valence-electron chi connectivity index (χ4n) is 2.53. The molecule has 3 rings (SSSR count). The molecule has 2 heterocycles. The number of aromatic amines is 1. The monoisotopic (exact) mass is 370 g/mol. The van der Waals surface area contributed by atoms with Gasteiger partial charge in [0.2, 0.25) is 5.95 Å². The molecule has 142 valence electrons. The number of imidazole rings is 1. The first-order valence-electron chi connectivity index (χ1n) is 8.80. The molecule has 0 radical (unpaired) electrons. The maximum atomic E-state index is 10.9. The highest BCUT2D eigenvalue weighted by molar-refractivity contribution is 5.70. The summed E-state index contributed by atoms with van der Waals surface area (Å²) < 4.78 is 5.72. The lowest BCUT2D eigenvalue weighted by atomic mass is 10.1. The first-order valence-corrected chi connectivity index (χ1v) is 8.80. The van der Waals surface area contributed by atoms with Gasteiger partial charge in [-0.1, -0.05) is 12.8 Å². The number of hydrogen-bond donors (Lipinski definition) is 3. The van der Waals surface area contributed by atoms with Crippen molar-refractivity contribution >= 4 is 28.8 Å². The Bertz CT molecular complexity index is 865. The van der Waals surface area contributed by atoms with Crippen LogP contribution in [0.25, 0.3) is 11.2 Å². The summed E-state index contributed by atoms with van der Waals surface area (Å²) in [5.74, 6) is 5.71. The van der Waals surface area contributed by atoms with E-state index in [1.165, 1.54) is 0 Å². The third kappa shape index (κ3) is 5.65. The molecule has 2 aromatic heterocycles. The number of aromatic nitrogens is 4. The highest BCUT2D eigenvalue weighted by Gasteiger charge is 2.03. The molecule has 1 aromatic carbocycles. The van der Waals surface area contributed by atoms with Gasteiger partial charge in [-0.05, 0) is 37.1 Å². The van der Waals surface area contributed by atoms with Gasteiger partial charge in [-0.15, -0.1) is 0 Å². The lowest BCUT2D eigenvalue weighted by Gasteiger charge is -2.08. The number of ether oxygens (including phenoxy) is 1. The molecule has 0 amide bonds. The van der Waals surface area contributed by atoms with Crippen LogP contribution >= 0.6 is 0 Å². The number of H-pyrrole nitrogens is 1. The first-order chi connectivity index (χ1) is 13.2. The molecule has 0 unspecified atom stereocenters. The van der Waals surface area contributed by atoms with Crippen LogP contribution < -0.4 is 16.0 Å². The third-order valence-corrected chi connectivity index (χ3v) is 3.96. The zero-order chi connectivity index (χ0) is 18.9. The largest absolute Gasteiger partial charge is 0.494 e. The van der Waals surface area contributed by atoms with Crippen LogP contribution in [0.5, 0.6) is 5.75 Å². The molecule has 0 bridgehead atoms. The fraction of sp³-hybridized carbons (Fsp3) is 0.333. The summed E-state index contributed by atoms with van der Waals surface area (Å²) in [6, 6.07) is 7.61. The summed E-state index contributed by atoms with van der Waals surface area (Å²) in [7, 11) is 0. The Morgan fingerprint density at radius 1 is 1.11 bits per heavy atom. The van der Waals surface area contributed by atoms with Crippen LogP contribution in [0, 0.1) is 0 Å². The van der Waals surface area contributed by atoms with E-state index in [1.807, 2.05) is 24.3 Å². The van der Waals surface area contributed by atoms with Gasteiger partial charge < -0.3 is 19.9 Å². The molecule has 9 nitrogen and oxygen atoms in total. The van der Waals surface area contributed by atoms with E-state index in [9.17, 15) is 4.79 Å². The summed E-state index contributed by atoms with van der Waals surface area (Å²) in [4.78, 5) is 30.6. The predicted molar refractivity (Wildman–Crippen MR) is 100 cm³/mol. The molecule has 0 spiro atoms. The number of benzene rings is 1. The second-order valence-electron chi connectivity index (χ2n) is 5.99. The summed E-state index contributed by atoms with van der Waals surface area (Å²) >= 11 is 0. The van der Waals surface area contributed by atoms with Crippen molar-refractivity contribution in [3.05, 3.63) is 36.8 Å². The van der Waals surface area contributed by atoms with E-state index < -0.39 is 0 Å². The molecule has 0 fully saturated rings. The highest BCUT2D eigenvalue weighted by atomic mass is 16.7. The van der Waals surface area contributed by atoms with Gasteiger partial charge in [-0.2, -0.15) is 10.9 Å². The number of carbonyl (C=O) groups is 1. The number of rotatable bonds is 10. The van der Waals surface area contributed by atoms with Crippen LogP contribution in [0.15, 0.2) is 36.8 Å². The highest BCUT2D eigenvalue weighted by Crippen LogP contribution is 2.19. The van der Waals surface area contributed by atoms with E-state index in [4.69, 9.17) is 10.6 Å². The Kier molecular flexibility index (Phi) is 6.53. The van der Waals surface area contributed by atoms with Gasteiger partial charge in [0.1, 0.15) is 11.3 Å². The van der Waals surface area contributed by atoms with Crippen LogP contribution in [0.4, 0.5) is 11.6 Å². The van der Waals surface area contributed by atoms with Crippen molar-refractivity contribution in [3.8, 4) is 5.75 Å². The minimum Gasteiger partial charge on any atom is -0.494 e. The average molecular weight is 370 g/mol. The van der Waals surface area contributed by atoms with Crippen LogP contribution in [-0.2, 0) is 9.63 Å². The molecule has 9 heteroatoms. The number of fused-ring (bicyclic) bond motifs is 1. The summed E-state index contributed by atoms with van der Waals surface area (Å²) in [6.07, 6.45) is 7.28. The van der Waals surface area contributed by atoms with Gasteiger partial charge in [0.15, 0.2) is 5.65 Å². The van der Waals surface area contributed by atoms with E-state index in [0.29, 0.717) is 24.6 Å². The Morgan fingerprint density at radius 3 is 2.74 bits per heavy atom. The number of nitrogens with zero attached hydrogens (tertiary/aromatic N) is 3. The zero-order valence-electron chi connectivity index (χ0n) is 14.9. The zero-order valence-corrected chi connectivity index (χ0v) is 14.9. The summed E-state index contributed by atoms with van der Waals surface area (Å²) in [5, 5.41) is 3.14. The number of hydrogen-bond acceptors (Lipinski definition) is 8. The van der Waals surface area contributed by atoms with Crippen molar-refractivity contribution in [3.63, 3.8) is 0 Å². The summed E-state index contributed by atoms with van der Waals surface area (Å²) in [5.41, 5.74) is 2.28. The summed E-state index contributed by atoms with van der Waals surface area (Å²) in [6.45, 7) is 0.632. The second-order valence-corrected chi connectivity index (χ2v) is 5.99. The predicted octanol–water partition coefficient (Wildman–Crippen LogP) is 2.84. The SMILES string of the molecule is NOC(=O)CCCCCCOc1ccc(Nc2ncc3[nH]cnc3n2)cc1. The Morgan fingerprint density at radius 2 is 1.93 bits per heavy atom. The molecule has 0 saturated carbocycles. The van der Waals surface area contributed by atoms with Gasteiger partial charge >= 0.3 is 5.97 Å². The van der Waals surface area contributed by atoms with E-state index in [1.54, 1.807) is 12.5 Å². The molecular weight excluding hydrogens is 348 g/mol. The molecule has 0 atom stereocenters. The van der Waals surface area contributed by atoms with Crippen molar-refractivity contribution in [2.45, 2.75) is 32.1 Å². The number of unbranched alkanes of at least 4 members (excludes halogenated alkanes) is 3. The minimum absolute atomic E-state index is 0.364. The third-order valence-electron chi connectivity index (χ3n) is 3.96. The number of carbonyl (C=O) groups excluding carboxylic acids is 1. The van der Waals surface area contributed by atoms with Crippen molar-refractivity contribution < 1.29 is 14.4 Å². The Labute approximate surface area is 156 Å². The van der Waals surface area contributed by atoms with Gasteiger partial charge in [-0.25, -0.2) is 9.97 Å². The molecule has 0 aliphatic rings. The second kappa shape index (κ2) is 9.48. The van der Waals surface area contributed by atoms with Crippen LogP contribution in [0.3, 0.4) is 0 Å². The van der Waals surface area contributed by atoms with E-state index in [2.05, 4.69) is 30.1 Å². The Balaban J connectivity index is 1.38. The van der Waals surface area contributed by atoms with Crippen LogP contribution in [-0.4, -0.2) is 32.5 Å². The number of anilines is 2. The molecule has 3 aromatic rings. The van der Waals surface area contributed by atoms with Gasteiger partial charge in [0, 0.05) is 12.1 Å². The molecule has 0 aliphatic heterocycles. The van der Waals surface area contributed by atoms with Gasteiger partial charge in [0.05, 0.1) is 19.1 Å². The fourth-order valence-corrected chi connectivity index (χ4v) is 2.53. The van der Waals surface area contributed by atoms with E-state index in [-0.39, 0.29) is 5.97 Å². The van der Waals surface area contributed by atoms with Crippen molar-refractivity contribution in [2.24, 2.45) is 5.90 Å². The smallest absolute Gasteiger partial charge is 0.324 e. The lowest BCUT2D eigenvalue weighted by Crippen LogP contribution is -2.09. The molecule has 4 N–H and O–H groups in total. The minimum atomic E-state index is -0.366. The molecule has 0 saturated heterocycles. The van der Waals surface area contributed by atoms with Crippen molar-refractivity contribution in [2.75, 3.05) is 11.9 Å². The maximum absolute atomic E-state index is 10.9. The number of nitrogens with one attached hydrogen (secondary N) is 2. The van der Waals surface area contributed by atoms with Crippen LogP contribution in [0.2, 0.25) is 0 Å². The van der Waals surface area contributed by atoms with E-state index >= 15 is 0 Å². The maximum Gasteiger partial charge on any atom is 0.324 e. The Hall–Kier alpha value is -3.20. The first kappa shape index (κ1) is 18.6. The normalized spacial score (nSPS) is 10.7. The van der Waals surface area contributed by atoms with Crippen molar-refractivity contribution in [1.82, 2.24) is 19.9 Å². The van der Waals surface area contributed by atoms with Gasteiger partial charge in [-0.3, -0.25) is 4.79 Å². The molecule has 27 heavy (non-hydrogen) atoms. The standard InChI is InChI=1S/C18H22N6O3/c19-27-16(25)5-3-1-2-4-10-26-14-8-6-13(7-9-14)23-18-20-11-15-17(24-18)22-12-21-15/h6-9,11-12H,1-5,10,19H2,(H2,20,21,22,23,24). The van der Waals surface area contributed by atoms with Crippen LogP contribution in [0.1, 0.15) is 32.1 Å². The van der Waals surface area contributed by atoms with E-state index in [0.717, 1.165) is 42.6 Å². The van der Waals surface area contributed by atoms with Crippen molar-refractivity contribution in [1.29, 1.82) is 0 Å². The average Bonchev–Trinajstić information content (AvgIpc) is 3.16. The number of nitrogens with two attached hydrogens (primary N) is 1. The lowest BCUT2D eigenvalue weighted by molar-refractivity contribution is -0.144. The molecular formula is C18H22N6O3. The topological polar surface area (TPSA) is 128 Å². The van der Waals surface area contributed by atoms with Gasteiger partial charge in [0.25, 0.3) is 0 Å².